The Morgan fingerprint density at radius 2 is 1.71 bits per heavy atom. The summed E-state index contributed by atoms with van der Waals surface area (Å²) in [7, 11) is 0. The fraction of sp³-hybridized carbons (Fsp3) is 0.185. The third-order valence-corrected chi connectivity index (χ3v) is 5.89. The van der Waals surface area contributed by atoms with Gasteiger partial charge in [0.25, 0.3) is 5.91 Å². The zero-order chi connectivity index (χ0) is 23.9. The Hall–Kier alpha value is -3.60. The number of benzene rings is 3. The molecule has 0 unspecified atom stereocenters. The predicted molar refractivity (Wildman–Crippen MR) is 138 cm³/mol. The van der Waals surface area contributed by atoms with E-state index in [1.54, 1.807) is 24.3 Å². The lowest BCUT2D eigenvalue weighted by molar-refractivity contribution is -0.111. The van der Waals surface area contributed by atoms with Gasteiger partial charge in [0, 0.05) is 51.7 Å². The van der Waals surface area contributed by atoms with Gasteiger partial charge in [-0.15, -0.1) is 0 Å². The van der Waals surface area contributed by atoms with Gasteiger partial charge in [0.05, 0.1) is 13.2 Å². The maximum absolute atomic E-state index is 12.8. The fourth-order valence-electron chi connectivity index (χ4n) is 3.53. The van der Waals surface area contributed by atoms with Gasteiger partial charge in [0.1, 0.15) is 0 Å². The van der Waals surface area contributed by atoms with Crippen LogP contribution in [0.1, 0.15) is 21.5 Å². The van der Waals surface area contributed by atoms with Crippen molar-refractivity contribution >= 4 is 44.8 Å². The van der Waals surface area contributed by atoms with Gasteiger partial charge in [0.15, 0.2) is 0 Å². The first kappa shape index (κ1) is 23.6. The van der Waals surface area contributed by atoms with E-state index in [2.05, 4.69) is 43.3 Å². The number of halogens is 1. The minimum Gasteiger partial charge on any atom is -0.378 e. The molecule has 0 atom stereocenters. The second kappa shape index (κ2) is 11.0. The van der Waals surface area contributed by atoms with E-state index in [4.69, 9.17) is 4.74 Å². The van der Waals surface area contributed by atoms with E-state index in [0.29, 0.717) is 22.5 Å². The molecule has 2 N–H and O–H groups in total. The van der Waals surface area contributed by atoms with E-state index in [1.165, 1.54) is 0 Å². The number of rotatable bonds is 4. The number of nitrogens with zero attached hydrogens (tertiary/aromatic N) is 1. The Morgan fingerprint density at radius 1 is 0.941 bits per heavy atom. The molecule has 0 aliphatic carbocycles. The third kappa shape index (κ3) is 6.25. The summed E-state index contributed by atoms with van der Waals surface area (Å²) in [5.74, 6) is 4.82. The Morgan fingerprint density at radius 3 is 2.44 bits per heavy atom. The summed E-state index contributed by atoms with van der Waals surface area (Å²) in [4.78, 5) is 27.3. The molecular formula is C27H24BrN3O3. The van der Waals surface area contributed by atoms with Crippen molar-refractivity contribution < 1.29 is 14.3 Å². The maximum atomic E-state index is 12.8. The number of anilines is 3. The SMILES string of the molecule is Cc1ccc(C(=O)Nc2ccc(N3CCOCC3)cc2)cc1C#CC(=O)Nc1cccc(Br)c1. The van der Waals surface area contributed by atoms with Gasteiger partial charge in [0.2, 0.25) is 0 Å². The molecule has 34 heavy (non-hydrogen) atoms. The van der Waals surface area contributed by atoms with Gasteiger partial charge < -0.3 is 20.3 Å². The minimum atomic E-state index is -0.423. The van der Waals surface area contributed by atoms with Crippen molar-refractivity contribution in [3.05, 3.63) is 87.9 Å². The van der Waals surface area contributed by atoms with Gasteiger partial charge in [-0.05, 0) is 67.1 Å². The van der Waals surface area contributed by atoms with E-state index >= 15 is 0 Å². The summed E-state index contributed by atoms with van der Waals surface area (Å²) in [6.07, 6.45) is 0. The van der Waals surface area contributed by atoms with Gasteiger partial charge in [-0.1, -0.05) is 34.0 Å². The van der Waals surface area contributed by atoms with Crippen LogP contribution in [0.25, 0.3) is 0 Å². The monoisotopic (exact) mass is 517 g/mol. The first-order valence-corrected chi connectivity index (χ1v) is 11.7. The van der Waals surface area contributed by atoms with Gasteiger partial charge in [-0.2, -0.15) is 0 Å². The normalized spacial score (nSPS) is 12.9. The maximum Gasteiger partial charge on any atom is 0.300 e. The number of hydrogen-bond donors (Lipinski definition) is 2. The average Bonchev–Trinajstić information content (AvgIpc) is 2.84. The van der Waals surface area contributed by atoms with Crippen molar-refractivity contribution in [3.8, 4) is 11.8 Å². The van der Waals surface area contributed by atoms with Crippen molar-refractivity contribution in [1.82, 2.24) is 0 Å². The molecule has 4 rings (SSSR count). The first-order valence-electron chi connectivity index (χ1n) is 10.9. The van der Waals surface area contributed by atoms with Crippen LogP contribution in [0.3, 0.4) is 0 Å². The second-order valence-corrected chi connectivity index (χ2v) is 8.76. The molecule has 172 valence electrons. The van der Waals surface area contributed by atoms with Gasteiger partial charge in [-0.25, -0.2) is 0 Å². The highest BCUT2D eigenvalue weighted by molar-refractivity contribution is 9.10. The van der Waals surface area contributed by atoms with E-state index in [9.17, 15) is 9.59 Å². The number of carbonyl (C=O) groups excluding carboxylic acids is 2. The number of hydrogen-bond acceptors (Lipinski definition) is 4. The highest BCUT2D eigenvalue weighted by Gasteiger charge is 2.12. The number of amides is 2. The summed E-state index contributed by atoms with van der Waals surface area (Å²) in [6.45, 7) is 5.06. The largest absolute Gasteiger partial charge is 0.378 e. The Labute approximate surface area is 207 Å². The molecule has 3 aromatic carbocycles. The average molecular weight is 518 g/mol. The molecule has 1 aliphatic heterocycles. The van der Waals surface area contributed by atoms with Crippen molar-refractivity contribution in [2.24, 2.45) is 0 Å². The van der Waals surface area contributed by atoms with Crippen LogP contribution in [0.2, 0.25) is 0 Å². The van der Waals surface area contributed by atoms with E-state index in [0.717, 1.165) is 42.0 Å². The summed E-state index contributed by atoms with van der Waals surface area (Å²) < 4.78 is 6.26. The number of aryl methyl sites for hydroxylation is 1. The molecule has 0 radical (unpaired) electrons. The van der Waals surface area contributed by atoms with Crippen LogP contribution in [-0.4, -0.2) is 38.1 Å². The Balaban J connectivity index is 1.41. The number of ether oxygens (including phenoxy) is 1. The van der Waals surface area contributed by atoms with Gasteiger partial charge in [-0.3, -0.25) is 9.59 Å². The minimum absolute atomic E-state index is 0.235. The summed E-state index contributed by atoms with van der Waals surface area (Å²) in [5, 5.41) is 5.66. The lowest BCUT2D eigenvalue weighted by atomic mass is 10.0. The van der Waals surface area contributed by atoms with Gasteiger partial charge >= 0.3 is 5.91 Å². The van der Waals surface area contributed by atoms with Crippen LogP contribution in [-0.2, 0) is 9.53 Å². The van der Waals surface area contributed by atoms with E-state index in [-0.39, 0.29) is 5.91 Å². The highest BCUT2D eigenvalue weighted by Crippen LogP contribution is 2.20. The van der Waals surface area contributed by atoms with Crippen molar-refractivity contribution in [2.45, 2.75) is 6.92 Å². The van der Waals surface area contributed by atoms with Crippen LogP contribution >= 0.6 is 15.9 Å². The molecule has 3 aromatic rings. The Bertz CT molecular complexity index is 1260. The van der Waals surface area contributed by atoms with Crippen LogP contribution in [0, 0.1) is 18.8 Å². The van der Waals surface area contributed by atoms with E-state index in [1.807, 2.05) is 49.4 Å². The highest BCUT2D eigenvalue weighted by atomic mass is 79.9. The van der Waals surface area contributed by atoms with Crippen LogP contribution in [0.15, 0.2) is 71.2 Å². The summed E-state index contributed by atoms with van der Waals surface area (Å²) >= 11 is 3.37. The zero-order valence-electron chi connectivity index (χ0n) is 18.7. The molecule has 0 spiro atoms. The van der Waals surface area contributed by atoms with E-state index < -0.39 is 5.91 Å². The second-order valence-electron chi connectivity index (χ2n) is 7.84. The van der Waals surface area contributed by atoms with Crippen molar-refractivity contribution in [3.63, 3.8) is 0 Å². The molecule has 0 aromatic heterocycles. The molecule has 1 fully saturated rings. The molecule has 1 aliphatic rings. The molecule has 0 bridgehead atoms. The Kier molecular flexibility index (Phi) is 7.63. The quantitative estimate of drug-likeness (QED) is 0.486. The molecule has 2 amide bonds. The van der Waals surface area contributed by atoms with Crippen molar-refractivity contribution in [2.75, 3.05) is 41.8 Å². The number of nitrogens with one attached hydrogen (secondary N) is 2. The topological polar surface area (TPSA) is 70.7 Å². The molecule has 1 saturated heterocycles. The predicted octanol–water partition coefficient (Wildman–Crippen LogP) is 4.84. The number of morpholine rings is 1. The van der Waals surface area contributed by atoms with Crippen LogP contribution in [0.5, 0.6) is 0 Å². The lowest BCUT2D eigenvalue weighted by Crippen LogP contribution is -2.36. The summed E-state index contributed by atoms with van der Waals surface area (Å²) in [5.41, 5.74) is 4.45. The molecule has 0 saturated carbocycles. The summed E-state index contributed by atoms with van der Waals surface area (Å²) in [6, 6.07) is 20.3. The standard InChI is InChI=1S/C27H24BrN3O3/c1-19-5-6-21(17-20(19)7-12-26(32)29-24-4-2-3-22(28)18-24)27(33)30-23-8-10-25(11-9-23)31-13-15-34-16-14-31/h2-6,8-11,17-18H,13-16H2,1H3,(H,29,32)(H,30,33). The molecular weight excluding hydrogens is 494 g/mol. The first-order chi connectivity index (χ1) is 16.5. The zero-order valence-corrected chi connectivity index (χ0v) is 20.3. The molecule has 6 nitrogen and oxygen atoms in total. The van der Waals surface area contributed by atoms with Crippen molar-refractivity contribution in [1.29, 1.82) is 0 Å². The lowest BCUT2D eigenvalue weighted by Gasteiger charge is -2.28. The van der Waals surface area contributed by atoms with Crippen LogP contribution < -0.4 is 15.5 Å². The van der Waals surface area contributed by atoms with Crippen LogP contribution in [0.4, 0.5) is 17.1 Å². The molecule has 1 heterocycles. The number of carbonyl (C=O) groups is 2. The molecule has 7 heteroatoms. The third-order valence-electron chi connectivity index (χ3n) is 5.39. The smallest absolute Gasteiger partial charge is 0.300 e. The fourth-order valence-corrected chi connectivity index (χ4v) is 3.93.